The molecule has 0 bridgehead atoms. The summed E-state index contributed by atoms with van der Waals surface area (Å²) in [6.45, 7) is 24.0. The fourth-order valence-electron chi connectivity index (χ4n) is 8.28. The molecule has 3 amide bonds. The van der Waals surface area contributed by atoms with Gasteiger partial charge in [0.05, 0.1) is 68.6 Å². The van der Waals surface area contributed by atoms with E-state index in [-0.39, 0.29) is 66.1 Å². The third-order valence-electron chi connectivity index (χ3n) is 11.3. The predicted molar refractivity (Wildman–Crippen MR) is 247 cm³/mol. The van der Waals surface area contributed by atoms with Crippen LogP contribution in [0.15, 0.2) is 0 Å². The molecule has 18 heteroatoms. The van der Waals surface area contributed by atoms with Crippen LogP contribution in [0.1, 0.15) is 133 Å². The Morgan fingerprint density at radius 3 is 1.65 bits per heavy atom. The maximum Gasteiger partial charge on any atom is 0.259 e. The Labute approximate surface area is 378 Å². The second kappa shape index (κ2) is 31.0. The summed E-state index contributed by atoms with van der Waals surface area (Å²) in [7, 11) is 5.49. The topological polar surface area (TPSA) is 175 Å². The fraction of sp³-hybridized carbons (Fsp3) is 0.886. The lowest BCUT2D eigenvalue weighted by atomic mass is 10.0. The summed E-state index contributed by atoms with van der Waals surface area (Å²) < 4.78 is 27.1. The molecule has 0 radical (unpaired) electrons. The van der Waals surface area contributed by atoms with Gasteiger partial charge in [0.15, 0.2) is 0 Å². The Balaban J connectivity index is 0.000000493. The van der Waals surface area contributed by atoms with Crippen molar-refractivity contribution in [3.05, 3.63) is 0 Å². The Bertz CT molecular complexity index is 1320. The van der Waals surface area contributed by atoms with Gasteiger partial charge in [0, 0.05) is 63.4 Å². The van der Waals surface area contributed by atoms with Crippen LogP contribution in [0.2, 0.25) is 0 Å². The number of hydrogen-bond donors (Lipinski definition) is 1. The number of aliphatic hydroxyl groups is 1. The number of likely N-dealkylation sites (tertiary alicyclic amines) is 3. The van der Waals surface area contributed by atoms with Crippen molar-refractivity contribution in [1.29, 1.82) is 10.5 Å². The van der Waals surface area contributed by atoms with Crippen LogP contribution >= 0.6 is 16.9 Å². The number of nitriles is 2. The molecule has 0 aliphatic carbocycles. The summed E-state index contributed by atoms with van der Waals surface area (Å²) in [4.78, 5) is 45.4. The fourth-order valence-corrected chi connectivity index (χ4v) is 11.9. The molecule has 0 aromatic rings. The molecule has 16 nitrogen and oxygen atoms in total. The number of rotatable bonds is 22. The molecular formula is C44H84N8O8P2. The van der Waals surface area contributed by atoms with E-state index in [0.717, 1.165) is 51.7 Å². The van der Waals surface area contributed by atoms with E-state index in [0.29, 0.717) is 57.8 Å². The molecule has 3 saturated heterocycles. The van der Waals surface area contributed by atoms with Crippen LogP contribution in [-0.4, -0.2) is 168 Å². The van der Waals surface area contributed by atoms with Crippen LogP contribution in [0, 0.1) is 28.6 Å². The summed E-state index contributed by atoms with van der Waals surface area (Å²) in [5.74, 6) is 0.846. The highest BCUT2D eigenvalue weighted by molar-refractivity contribution is 7.48. The summed E-state index contributed by atoms with van der Waals surface area (Å²) in [5, 5.41) is 27.1. The van der Waals surface area contributed by atoms with Crippen molar-refractivity contribution in [3.8, 4) is 12.1 Å². The number of amides is 3. The van der Waals surface area contributed by atoms with Crippen LogP contribution in [-0.2, 0) is 32.5 Å². The molecule has 1 N–H and O–H groups in total. The maximum atomic E-state index is 12.2. The van der Waals surface area contributed by atoms with Crippen LogP contribution in [0.5, 0.6) is 0 Å². The summed E-state index contributed by atoms with van der Waals surface area (Å²) in [5.41, 5.74) is 0. The summed E-state index contributed by atoms with van der Waals surface area (Å²) >= 11 is 0. The van der Waals surface area contributed by atoms with E-state index in [4.69, 9.17) is 28.6 Å². The highest BCUT2D eigenvalue weighted by Crippen LogP contribution is 2.50. The first-order chi connectivity index (χ1) is 29.4. The van der Waals surface area contributed by atoms with Crippen LogP contribution in [0.25, 0.3) is 0 Å². The Kier molecular flexibility index (Phi) is 28.9. The van der Waals surface area contributed by atoms with Crippen molar-refractivity contribution in [2.75, 3.05) is 67.6 Å². The van der Waals surface area contributed by atoms with Crippen molar-refractivity contribution in [3.63, 3.8) is 0 Å². The Hall–Kier alpha value is -2.07. The zero-order chi connectivity index (χ0) is 47.1. The molecule has 3 aliphatic heterocycles. The van der Waals surface area contributed by atoms with Crippen molar-refractivity contribution < 1.29 is 37.6 Å². The maximum absolute atomic E-state index is 12.2. The molecule has 3 rings (SSSR count). The number of carbonyl (C=O) groups is 3. The third-order valence-corrected chi connectivity index (χ3v) is 15.7. The van der Waals surface area contributed by atoms with E-state index in [1.165, 1.54) is 0 Å². The first kappa shape index (κ1) is 57.9. The smallest absolute Gasteiger partial charge is 0.259 e. The van der Waals surface area contributed by atoms with Crippen molar-refractivity contribution in [2.24, 2.45) is 5.92 Å². The number of carbonyl (C=O) groups excluding carboxylic acids is 3. The Morgan fingerprint density at radius 2 is 1.19 bits per heavy atom. The second-order valence-electron chi connectivity index (χ2n) is 16.9. The zero-order valence-electron chi connectivity index (χ0n) is 40.8. The highest BCUT2D eigenvalue weighted by atomic mass is 31.2. The summed E-state index contributed by atoms with van der Waals surface area (Å²) in [6.07, 6.45) is 6.25. The van der Waals surface area contributed by atoms with E-state index >= 15 is 0 Å². The first-order valence-corrected chi connectivity index (χ1v) is 25.4. The van der Waals surface area contributed by atoms with Gasteiger partial charge in [0.25, 0.3) is 8.53 Å². The lowest BCUT2D eigenvalue weighted by Gasteiger charge is -2.38. The van der Waals surface area contributed by atoms with Crippen molar-refractivity contribution in [1.82, 2.24) is 29.2 Å². The monoisotopic (exact) mass is 915 g/mol. The molecule has 0 spiro atoms. The second-order valence-corrected chi connectivity index (χ2v) is 19.8. The predicted octanol–water partition coefficient (Wildman–Crippen LogP) is 7.14. The molecular weight excluding hydrogens is 830 g/mol. The molecule has 3 aliphatic rings. The van der Waals surface area contributed by atoms with Gasteiger partial charge in [0.2, 0.25) is 26.1 Å². The van der Waals surface area contributed by atoms with Gasteiger partial charge in [-0.05, 0) is 88.0 Å². The van der Waals surface area contributed by atoms with Crippen molar-refractivity contribution in [2.45, 2.75) is 182 Å². The van der Waals surface area contributed by atoms with Gasteiger partial charge in [-0.2, -0.15) is 10.5 Å². The van der Waals surface area contributed by atoms with Gasteiger partial charge in [-0.15, -0.1) is 0 Å². The van der Waals surface area contributed by atoms with Crippen molar-refractivity contribution >= 4 is 34.6 Å². The summed E-state index contributed by atoms with van der Waals surface area (Å²) in [6, 6.07) is 4.97. The molecule has 0 aromatic heterocycles. The SMILES string of the molecule is CCC(=O)N1CC[C@H](O)[C@@H]1CC.CCC(=O)N1CC[C@H](OP(OCCC#N)N(C(C)C)C(C)C)[C@@H]1CC.CCC(=O)N1C[C@@H](CC)[C@@H](OP(OCCC#N)C(N(C)C)N(C)C)C1. The molecule has 0 aromatic carbocycles. The third kappa shape index (κ3) is 18.1. The largest absolute Gasteiger partial charge is 0.391 e. The average Bonchev–Trinajstić information content (AvgIpc) is 3.95. The van der Waals surface area contributed by atoms with Gasteiger partial charge >= 0.3 is 0 Å². The number of hydrogen-bond acceptors (Lipinski definition) is 13. The Morgan fingerprint density at radius 1 is 0.694 bits per heavy atom. The van der Waals surface area contributed by atoms with Gasteiger partial charge in [-0.3, -0.25) is 24.2 Å². The van der Waals surface area contributed by atoms with Gasteiger partial charge in [-0.1, -0.05) is 41.5 Å². The van der Waals surface area contributed by atoms with E-state index in [2.05, 4.69) is 68.2 Å². The minimum absolute atomic E-state index is 0.00584. The van der Waals surface area contributed by atoms with Crippen LogP contribution in [0.4, 0.5) is 0 Å². The molecule has 3 heterocycles. The lowest BCUT2D eigenvalue weighted by molar-refractivity contribution is -0.133. The van der Waals surface area contributed by atoms with Crippen LogP contribution < -0.4 is 0 Å². The minimum atomic E-state index is -1.26. The van der Waals surface area contributed by atoms with Gasteiger partial charge in [-0.25, -0.2) is 4.67 Å². The highest BCUT2D eigenvalue weighted by Gasteiger charge is 2.41. The van der Waals surface area contributed by atoms with Gasteiger partial charge in [0.1, 0.15) is 5.91 Å². The lowest BCUT2D eigenvalue weighted by Crippen LogP contribution is -2.41. The number of nitrogens with zero attached hydrogens (tertiary/aromatic N) is 8. The van der Waals surface area contributed by atoms with Crippen LogP contribution in [0.3, 0.4) is 0 Å². The molecule has 3 fully saturated rings. The standard InChI is InChI=1S/C18H34N3O3P.C17H33N4O3P.C9H17NO2/c1-7-16-17(10-12-20(16)18(22)8-2)24-25(23-13-9-11-19)21(14(3)4)15(5)6;1-7-14-12-21(16(22)8-2)13-15(14)24-25(23-11-9-10-18)17(19(3)4)20(5)6;1-3-7-8(11)5-6-10(7)9(12)4-2/h14-17H,7-10,12-13H2,1-6H3;14-15,17H,7-9,11-13H2,1-6H3;7-8,11H,3-6H2,1-2H3/t16-,17-,25?;14-,15+,25?;7-,8-/m010/s1. The minimum Gasteiger partial charge on any atom is -0.391 e. The van der Waals surface area contributed by atoms with E-state index in [1.807, 2.05) is 70.6 Å². The number of aliphatic hydroxyl groups excluding tert-OH is 1. The van der Waals surface area contributed by atoms with E-state index in [9.17, 15) is 19.5 Å². The van der Waals surface area contributed by atoms with E-state index in [1.54, 1.807) is 0 Å². The average molecular weight is 915 g/mol. The van der Waals surface area contributed by atoms with E-state index < -0.39 is 16.9 Å². The molecule has 358 valence electrons. The first-order valence-electron chi connectivity index (χ1n) is 23.0. The molecule has 2 unspecified atom stereocenters. The quantitative estimate of drug-likeness (QED) is 0.0660. The molecule has 0 saturated carbocycles. The molecule has 62 heavy (non-hydrogen) atoms. The molecule has 8 atom stereocenters. The van der Waals surface area contributed by atoms with Gasteiger partial charge < -0.3 is 37.9 Å². The normalized spacial score (nSPS) is 23.4. The zero-order valence-corrected chi connectivity index (χ0v) is 42.6.